The number of hydrogen-bond donors (Lipinski definition) is 2. The van der Waals surface area contributed by atoms with Gasteiger partial charge in [-0.2, -0.15) is 0 Å². The molecule has 0 spiro atoms. The van der Waals surface area contributed by atoms with E-state index in [0.29, 0.717) is 6.61 Å². The van der Waals surface area contributed by atoms with Crippen molar-refractivity contribution in [3.8, 4) is 5.75 Å². The minimum Gasteiger partial charge on any atom is -0.493 e. The van der Waals surface area contributed by atoms with Gasteiger partial charge in [-0.05, 0) is 57.5 Å². The van der Waals surface area contributed by atoms with Crippen molar-refractivity contribution in [2.75, 3.05) is 13.2 Å². The lowest BCUT2D eigenvalue weighted by Gasteiger charge is -2.20. The van der Waals surface area contributed by atoms with E-state index in [-0.39, 0.29) is 5.54 Å². The van der Waals surface area contributed by atoms with Gasteiger partial charge in [0.25, 0.3) is 0 Å². The van der Waals surface area contributed by atoms with Gasteiger partial charge in [-0.1, -0.05) is 42.5 Å². The number of aromatic nitrogens is 1. The van der Waals surface area contributed by atoms with Crippen LogP contribution in [0.25, 0.3) is 23.1 Å². The van der Waals surface area contributed by atoms with Crippen LogP contribution in [0, 0.1) is 0 Å². The van der Waals surface area contributed by atoms with Crippen LogP contribution in [0.15, 0.2) is 54.7 Å². The van der Waals surface area contributed by atoms with Crippen LogP contribution in [0.1, 0.15) is 38.3 Å². The number of fused-ring (bicyclic) bond motifs is 1. The van der Waals surface area contributed by atoms with E-state index in [4.69, 9.17) is 4.74 Å². The molecular weight excluding hydrogens is 320 g/mol. The zero-order valence-corrected chi connectivity index (χ0v) is 15.9. The van der Waals surface area contributed by atoms with Gasteiger partial charge in [0.2, 0.25) is 0 Å². The Hall–Kier alpha value is -2.52. The first-order valence-electron chi connectivity index (χ1n) is 9.24. The number of hydrogen-bond acceptors (Lipinski definition) is 2. The SMILES string of the molecule is CC(C)(C)NCCCOc1ccccc1/C=C/c1cccc2[nH]ccc12. The Bertz CT molecular complexity index is 871. The molecule has 0 atom stereocenters. The maximum absolute atomic E-state index is 6.02. The fourth-order valence-corrected chi connectivity index (χ4v) is 2.90. The molecule has 0 radical (unpaired) electrons. The van der Waals surface area contributed by atoms with Gasteiger partial charge >= 0.3 is 0 Å². The van der Waals surface area contributed by atoms with Crippen LogP contribution in [0.4, 0.5) is 0 Å². The summed E-state index contributed by atoms with van der Waals surface area (Å²) >= 11 is 0. The molecule has 2 aromatic carbocycles. The molecule has 2 N–H and O–H groups in total. The molecule has 3 nitrogen and oxygen atoms in total. The van der Waals surface area contributed by atoms with Crippen molar-refractivity contribution in [3.63, 3.8) is 0 Å². The van der Waals surface area contributed by atoms with Gasteiger partial charge in [-0.3, -0.25) is 0 Å². The maximum atomic E-state index is 6.02. The minimum absolute atomic E-state index is 0.153. The Kier molecular flexibility index (Phi) is 5.79. The topological polar surface area (TPSA) is 37.0 Å². The second kappa shape index (κ2) is 8.24. The number of ether oxygens (including phenoxy) is 1. The summed E-state index contributed by atoms with van der Waals surface area (Å²) in [5.74, 6) is 0.931. The largest absolute Gasteiger partial charge is 0.493 e. The highest BCUT2D eigenvalue weighted by Crippen LogP contribution is 2.23. The summed E-state index contributed by atoms with van der Waals surface area (Å²) in [5.41, 5.74) is 3.61. The zero-order valence-electron chi connectivity index (χ0n) is 15.9. The van der Waals surface area contributed by atoms with Crippen molar-refractivity contribution in [3.05, 3.63) is 65.9 Å². The Morgan fingerprint density at radius 1 is 0.962 bits per heavy atom. The first-order valence-corrected chi connectivity index (χ1v) is 9.24. The van der Waals surface area contributed by atoms with Gasteiger partial charge in [0.05, 0.1) is 6.61 Å². The normalized spacial score (nSPS) is 12.1. The molecule has 0 saturated carbocycles. The predicted molar refractivity (Wildman–Crippen MR) is 112 cm³/mol. The third kappa shape index (κ3) is 4.99. The van der Waals surface area contributed by atoms with Crippen LogP contribution in [0.5, 0.6) is 5.75 Å². The van der Waals surface area contributed by atoms with Gasteiger partial charge in [0.1, 0.15) is 5.75 Å². The van der Waals surface area contributed by atoms with Crippen molar-refractivity contribution in [1.29, 1.82) is 0 Å². The lowest BCUT2D eigenvalue weighted by Crippen LogP contribution is -2.36. The number of para-hydroxylation sites is 1. The maximum Gasteiger partial charge on any atom is 0.126 e. The van der Waals surface area contributed by atoms with Crippen LogP contribution in [0.2, 0.25) is 0 Å². The summed E-state index contributed by atoms with van der Waals surface area (Å²) in [7, 11) is 0. The van der Waals surface area contributed by atoms with Crippen LogP contribution in [-0.2, 0) is 0 Å². The minimum atomic E-state index is 0.153. The van der Waals surface area contributed by atoms with E-state index in [1.807, 2.05) is 24.4 Å². The van der Waals surface area contributed by atoms with Gasteiger partial charge in [0, 0.05) is 28.2 Å². The van der Waals surface area contributed by atoms with E-state index in [1.165, 1.54) is 10.9 Å². The summed E-state index contributed by atoms with van der Waals surface area (Å²) < 4.78 is 6.02. The molecule has 1 heterocycles. The summed E-state index contributed by atoms with van der Waals surface area (Å²) in [5, 5.41) is 4.72. The van der Waals surface area contributed by atoms with Crippen molar-refractivity contribution < 1.29 is 4.74 Å². The van der Waals surface area contributed by atoms with Gasteiger partial charge < -0.3 is 15.0 Å². The highest BCUT2D eigenvalue weighted by atomic mass is 16.5. The number of aromatic amines is 1. The standard InChI is InChI=1S/C23H28N2O/c1-23(2,3)25-15-7-17-26-22-11-5-4-8-19(22)13-12-18-9-6-10-21-20(18)14-16-24-21/h4-6,8-14,16,24-25H,7,15,17H2,1-3H3/b13-12+. The Morgan fingerprint density at radius 2 is 1.73 bits per heavy atom. The van der Waals surface area contributed by atoms with E-state index >= 15 is 0 Å². The Labute approximate surface area is 156 Å². The molecule has 0 saturated heterocycles. The quantitative estimate of drug-likeness (QED) is 0.437. The van der Waals surface area contributed by atoms with Crippen molar-refractivity contribution in [1.82, 2.24) is 10.3 Å². The molecule has 3 heteroatoms. The molecule has 3 aromatic rings. The van der Waals surface area contributed by atoms with E-state index in [2.05, 4.69) is 73.6 Å². The third-order valence-corrected chi connectivity index (χ3v) is 4.22. The van der Waals surface area contributed by atoms with E-state index in [9.17, 15) is 0 Å². The molecule has 3 rings (SSSR count). The van der Waals surface area contributed by atoms with Crippen LogP contribution < -0.4 is 10.1 Å². The highest BCUT2D eigenvalue weighted by Gasteiger charge is 2.07. The molecule has 0 aliphatic rings. The van der Waals surface area contributed by atoms with Gasteiger partial charge in [-0.25, -0.2) is 0 Å². The Balaban J connectivity index is 1.65. The Morgan fingerprint density at radius 3 is 2.58 bits per heavy atom. The third-order valence-electron chi connectivity index (χ3n) is 4.22. The number of benzene rings is 2. The predicted octanol–water partition coefficient (Wildman–Crippen LogP) is 5.50. The summed E-state index contributed by atoms with van der Waals surface area (Å²) in [6, 6.07) is 16.6. The molecular formula is C23H28N2O. The second-order valence-electron chi connectivity index (χ2n) is 7.54. The lowest BCUT2D eigenvalue weighted by molar-refractivity contribution is 0.297. The molecule has 1 aromatic heterocycles. The zero-order chi connectivity index (χ0) is 18.4. The first kappa shape index (κ1) is 18.3. The number of H-pyrrole nitrogens is 1. The summed E-state index contributed by atoms with van der Waals surface area (Å²) in [6.07, 6.45) is 7.24. The lowest BCUT2D eigenvalue weighted by atomic mass is 10.1. The van der Waals surface area contributed by atoms with E-state index in [1.54, 1.807) is 0 Å². The fourth-order valence-electron chi connectivity index (χ4n) is 2.90. The fraction of sp³-hybridized carbons (Fsp3) is 0.304. The van der Waals surface area contributed by atoms with Crippen molar-refractivity contribution >= 4 is 23.1 Å². The molecule has 26 heavy (non-hydrogen) atoms. The molecule has 0 aliphatic heterocycles. The van der Waals surface area contributed by atoms with E-state index in [0.717, 1.165) is 29.8 Å². The highest BCUT2D eigenvalue weighted by molar-refractivity contribution is 5.91. The smallest absolute Gasteiger partial charge is 0.126 e. The number of rotatable bonds is 7. The van der Waals surface area contributed by atoms with Crippen molar-refractivity contribution in [2.24, 2.45) is 0 Å². The van der Waals surface area contributed by atoms with Crippen LogP contribution in [0.3, 0.4) is 0 Å². The van der Waals surface area contributed by atoms with Gasteiger partial charge in [-0.15, -0.1) is 0 Å². The first-order chi connectivity index (χ1) is 12.5. The molecule has 136 valence electrons. The second-order valence-corrected chi connectivity index (χ2v) is 7.54. The summed E-state index contributed by atoms with van der Waals surface area (Å²) in [6.45, 7) is 8.20. The van der Waals surface area contributed by atoms with Crippen LogP contribution in [-0.4, -0.2) is 23.7 Å². The molecule has 0 aliphatic carbocycles. The van der Waals surface area contributed by atoms with Crippen molar-refractivity contribution in [2.45, 2.75) is 32.7 Å². The number of nitrogens with one attached hydrogen (secondary N) is 2. The average molecular weight is 348 g/mol. The average Bonchev–Trinajstić information content (AvgIpc) is 3.09. The molecule has 0 bridgehead atoms. The molecule has 0 amide bonds. The van der Waals surface area contributed by atoms with Crippen LogP contribution >= 0.6 is 0 Å². The molecule has 0 unspecified atom stereocenters. The molecule has 0 fully saturated rings. The summed E-state index contributed by atoms with van der Waals surface area (Å²) in [4.78, 5) is 3.26. The van der Waals surface area contributed by atoms with E-state index < -0.39 is 0 Å². The van der Waals surface area contributed by atoms with Gasteiger partial charge in [0.15, 0.2) is 0 Å². The monoisotopic (exact) mass is 348 g/mol.